The maximum atomic E-state index is 15.3. The number of halogens is 1. The SMILES string of the molecule is O=C(NCCC[P+](c1ccccc1)(c1ccccc1)c1ccccc1)c1ccc(C(=O)OCCCNc2ccc3nc(C4=N[C@@H](C(=O)O)CS4)sc3c2)c([P+]([N-]c2ccc([P+](c3ccccc3)(c3ccccc3)c3ccccc3)cc2)(c2ccccc2)c2ccccc2)c1.[Cl-]. The van der Waals surface area contributed by atoms with Crippen molar-refractivity contribution in [3.8, 4) is 0 Å². The highest BCUT2D eigenvalue weighted by molar-refractivity contribution is 8.15. The van der Waals surface area contributed by atoms with Crippen LogP contribution in [-0.4, -0.2) is 70.6 Å². The molecular weight excluding hydrogens is 1290 g/mol. The van der Waals surface area contributed by atoms with Crippen LogP contribution in [0, 0.1) is 0 Å². The number of fused-ring (bicyclic) bond motifs is 1. The third-order valence-electron chi connectivity index (χ3n) is 17.0. The van der Waals surface area contributed by atoms with Crippen molar-refractivity contribution < 1.29 is 36.6 Å². The Morgan fingerprint density at radius 2 is 1.00 bits per heavy atom. The summed E-state index contributed by atoms with van der Waals surface area (Å²) in [6, 6.07) is 104. The largest absolute Gasteiger partial charge is 1.00 e. The average Bonchev–Trinajstić information content (AvgIpc) is 1.38. The molecule has 95 heavy (non-hydrogen) atoms. The second kappa shape index (κ2) is 30.5. The Hall–Kier alpha value is -9.08. The van der Waals surface area contributed by atoms with Crippen LogP contribution in [-0.2, 0) is 9.53 Å². The highest BCUT2D eigenvalue weighted by atomic mass is 35.5. The summed E-state index contributed by atoms with van der Waals surface area (Å²) in [7, 11) is -7.98. The number of aromatic nitrogens is 1. The van der Waals surface area contributed by atoms with Crippen molar-refractivity contribution in [1.82, 2.24) is 10.3 Å². The lowest BCUT2D eigenvalue weighted by Crippen LogP contribution is -3.00. The van der Waals surface area contributed by atoms with E-state index in [1.165, 1.54) is 54.9 Å². The quantitative estimate of drug-likeness (QED) is 0.0292. The number of benzene rings is 11. The number of nitrogens with zero attached hydrogens (tertiary/aromatic N) is 3. The second-order valence-electron chi connectivity index (χ2n) is 22.7. The van der Waals surface area contributed by atoms with Crippen molar-refractivity contribution in [1.29, 1.82) is 0 Å². The maximum absolute atomic E-state index is 15.3. The molecule has 11 aromatic carbocycles. The number of carbonyl (C=O) groups is 3. The van der Waals surface area contributed by atoms with Gasteiger partial charge in [-0.15, -0.1) is 28.8 Å². The summed E-state index contributed by atoms with van der Waals surface area (Å²) < 4.78 is 7.26. The van der Waals surface area contributed by atoms with Crippen LogP contribution in [0.2, 0.25) is 0 Å². The average molecular weight is 1360 g/mol. The van der Waals surface area contributed by atoms with E-state index in [0.717, 1.165) is 38.0 Å². The number of thiazole rings is 1. The Balaban J connectivity index is 0.00000864. The molecule has 0 unspecified atom stereocenters. The Kier molecular flexibility index (Phi) is 21.2. The number of rotatable bonds is 25. The van der Waals surface area contributed by atoms with Gasteiger partial charge in [0, 0.05) is 30.1 Å². The summed E-state index contributed by atoms with van der Waals surface area (Å²) in [6.07, 6.45) is 2.02. The van der Waals surface area contributed by atoms with E-state index in [0.29, 0.717) is 63.9 Å². The van der Waals surface area contributed by atoms with Gasteiger partial charge in [-0.25, -0.2) is 14.6 Å². The van der Waals surface area contributed by atoms with E-state index in [9.17, 15) is 9.90 Å². The number of ether oxygens (including phenoxy) is 1. The lowest BCUT2D eigenvalue weighted by Gasteiger charge is -2.40. The second-order valence-corrected chi connectivity index (χ2v) is 34.7. The zero-order valence-electron chi connectivity index (χ0n) is 51.9. The summed E-state index contributed by atoms with van der Waals surface area (Å²) in [4.78, 5) is 51.1. The highest BCUT2D eigenvalue weighted by Crippen LogP contribution is 2.66. The number of esters is 1. The van der Waals surface area contributed by atoms with Gasteiger partial charge in [-0.2, -0.15) is 0 Å². The number of carboxylic acids is 1. The topological polar surface area (TPSA) is 144 Å². The van der Waals surface area contributed by atoms with Crippen molar-refractivity contribution in [3.63, 3.8) is 0 Å². The third-order valence-corrected chi connectivity index (χ3v) is 31.7. The van der Waals surface area contributed by atoms with Crippen LogP contribution in [0.3, 0.4) is 0 Å². The van der Waals surface area contributed by atoms with Gasteiger partial charge in [-0.1, -0.05) is 158 Å². The molecule has 10 nitrogen and oxygen atoms in total. The first-order valence-electron chi connectivity index (χ1n) is 31.4. The molecule has 12 aromatic rings. The molecule has 1 atom stereocenters. The van der Waals surface area contributed by atoms with Gasteiger partial charge in [-0.3, -0.25) is 9.79 Å². The predicted molar refractivity (Wildman–Crippen MR) is 400 cm³/mol. The zero-order chi connectivity index (χ0) is 64.2. The van der Waals surface area contributed by atoms with Gasteiger partial charge in [0.1, 0.15) is 72.6 Å². The van der Waals surface area contributed by atoms with E-state index in [-0.39, 0.29) is 24.9 Å². The van der Waals surface area contributed by atoms with Crippen molar-refractivity contribution in [2.24, 2.45) is 4.99 Å². The number of hydrogen-bond donors (Lipinski definition) is 3. The lowest BCUT2D eigenvalue weighted by molar-refractivity contribution is -0.137. The molecule has 1 aromatic heterocycles. The van der Waals surface area contributed by atoms with Gasteiger partial charge >= 0.3 is 11.9 Å². The van der Waals surface area contributed by atoms with Crippen LogP contribution in [0.1, 0.15) is 38.6 Å². The van der Waals surface area contributed by atoms with E-state index in [2.05, 4.69) is 246 Å². The zero-order valence-corrected chi connectivity index (χ0v) is 56.9. The minimum atomic E-state index is -3.33. The minimum Gasteiger partial charge on any atom is -1.00 e. The molecule has 16 heteroatoms. The van der Waals surface area contributed by atoms with Crippen molar-refractivity contribution in [3.05, 3.63) is 325 Å². The molecule has 1 aliphatic rings. The van der Waals surface area contributed by atoms with Crippen LogP contribution in [0.4, 0.5) is 11.4 Å². The molecule has 0 spiro atoms. The van der Waals surface area contributed by atoms with Crippen molar-refractivity contribution in [2.45, 2.75) is 18.9 Å². The summed E-state index contributed by atoms with van der Waals surface area (Å²) in [5.74, 6) is -1.33. The van der Waals surface area contributed by atoms with Gasteiger partial charge in [0.05, 0.1) is 41.0 Å². The number of amides is 1. The number of nitrogens with one attached hydrogen (secondary N) is 2. The first-order chi connectivity index (χ1) is 46.2. The molecule has 0 saturated carbocycles. The highest BCUT2D eigenvalue weighted by Gasteiger charge is 2.49. The molecule has 0 saturated heterocycles. The fraction of sp³-hybridized carbons (Fsp3) is 0.101. The normalized spacial score (nSPS) is 13.1. The number of carbonyl (C=O) groups excluding carboxylic acids is 2. The fourth-order valence-corrected chi connectivity index (χ4v) is 27.0. The van der Waals surface area contributed by atoms with E-state index >= 15 is 9.59 Å². The summed E-state index contributed by atoms with van der Waals surface area (Å²) in [5.41, 5.74) is 3.12. The van der Waals surface area contributed by atoms with Gasteiger partial charge in [0.15, 0.2) is 6.04 Å². The van der Waals surface area contributed by atoms with Crippen LogP contribution >= 0.6 is 45.0 Å². The van der Waals surface area contributed by atoms with Gasteiger partial charge in [0.2, 0.25) is 0 Å². The molecule has 0 bridgehead atoms. The van der Waals surface area contributed by atoms with Gasteiger partial charge < -0.3 is 38.0 Å². The molecule has 13 rings (SSSR count). The van der Waals surface area contributed by atoms with E-state index < -0.39 is 39.9 Å². The number of thioether (sulfide) groups is 1. The van der Waals surface area contributed by atoms with Crippen LogP contribution in [0.5, 0.6) is 0 Å². The Morgan fingerprint density at radius 3 is 1.48 bits per heavy atom. The molecule has 472 valence electrons. The molecule has 3 N–H and O–H groups in total. The molecule has 2 heterocycles. The molecule has 0 radical (unpaired) electrons. The minimum absolute atomic E-state index is 0. The molecule has 1 aliphatic heterocycles. The maximum Gasteiger partial charge on any atom is 0.342 e. The Bertz CT molecular complexity index is 4360. The number of aliphatic imine (C=N–C) groups is 1. The molecular formula is C79H68ClN5O5P3S2+. The summed E-state index contributed by atoms with van der Waals surface area (Å²) in [6.45, 7) is 1.02. The number of aliphatic carboxylic acids is 1. The monoisotopic (exact) mass is 1360 g/mol. The van der Waals surface area contributed by atoms with Crippen LogP contribution in [0.25, 0.3) is 15.3 Å². The fourth-order valence-electron chi connectivity index (χ4n) is 12.6. The summed E-state index contributed by atoms with van der Waals surface area (Å²) >= 11 is 2.89. The number of carboxylic acid groups (broad SMARTS) is 1. The first kappa shape index (κ1) is 66.0. The molecule has 0 aliphatic carbocycles. The Morgan fingerprint density at radius 1 is 0.526 bits per heavy atom. The van der Waals surface area contributed by atoms with E-state index in [1.54, 1.807) is 12.1 Å². The lowest BCUT2D eigenvalue weighted by atomic mass is 10.1. The number of hydrogen-bond acceptors (Lipinski definition) is 9. The van der Waals surface area contributed by atoms with E-state index in [4.69, 9.17) is 14.8 Å². The smallest absolute Gasteiger partial charge is 0.342 e. The Labute approximate surface area is 570 Å². The first-order valence-corrected chi connectivity index (χ1v) is 38.7. The standard InChI is InChI=1S/C79H66N5O5P3S2.ClH/c85-75(81-52-26-54-90(61-27-9-1-10-28-61,62-29-11-2-12-30-62)63-31-13-3-14-32-63)58-43-49-70(79(88)89-53-25-51-80-60-46-50-71-74(56-60)94-77(82-71)76-83-72(57-93-76)78(86)87)73(55-58)92(68-39-21-7-22-40-68,69-41-23-8-24-42-69)84-59-44-47-67(48-45-59)91(64-33-15-4-16-34-64,65-35-17-5-18-36-65)66-37-19-6-20-38-66;/h1-24,27-50,55-56,72H,25-26,51-54,57H2,(H-2,80,81,83,85,86,87);1H/p+1/t72-;/m1./s1. The molecule has 1 amide bonds. The van der Waals surface area contributed by atoms with Crippen LogP contribution < -0.4 is 76.1 Å². The summed E-state index contributed by atoms with van der Waals surface area (Å²) in [5, 5.41) is 34.8. The van der Waals surface area contributed by atoms with Gasteiger partial charge in [-0.05, 0) is 158 Å². The number of anilines is 1. The van der Waals surface area contributed by atoms with Crippen molar-refractivity contribution in [2.75, 3.05) is 36.9 Å². The van der Waals surface area contributed by atoms with Crippen molar-refractivity contribution >= 4 is 143 Å². The predicted octanol–water partition coefficient (Wildman–Crippen LogP) is 10.6. The van der Waals surface area contributed by atoms with Crippen LogP contribution in [0.15, 0.2) is 308 Å². The van der Waals surface area contributed by atoms with E-state index in [1.807, 2.05) is 60.7 Å². The third kappa shape index (κ3) is 13.9. The van der Waals surface area contributed by atoms with Gasteiger partial charge in [0.25, 0.3) is 5.91 Å². The molecule has 0 fully saturated rings.